The lowest BCUT2D eigenvalue weighted by atomic mass is 9.94. The van der Waals surface area contributed by atoms with Crippen LogP contribution in [0.3, 0.4) is 0 Å². The Morgan fingerprint density at radius 3 is 2.76 bits per heavy atom. The average Bonchev–Trinajstić information content (AvgIpc) is 3.13. The minimum Gasteiger partial charge on any atom is -0.338 e. The van der Waals surface area contributed by atoms with Crippen LogP contribution in [0.1, 0.15) is 42.6 Å². The molecule has 5 heteroatoms. The highest BCUT2D eigenvalue weighted by Crippen LogP contribution is 2.52. The van der Waals surface area contributed by atoms with Gasteiger partial charge in [-0.3, -0.25) is 0 Å². The van der Waals surface area contributed by atoms with Gasteiger partial charge in [-0.1, -0.05) is 35.0 Å². The Labute approximate surface area is 131 Å². The van der Waals surface area contributed by atoms with E-state index in [0.29, 0.717) is 6.04 Å². The Kier molecular flexibility index (Phi) is 4.69. The van der Waals surface area contributed by atoms with E-state index in [1.807, 2.05) is 7.05 Å². The zero-order valence-corrected chi connectivity index (χ0v) is 13.5. The standard InChI is InChI=1S/C16H21N3O.ClH/c1-11-5-4-6-13(9-11)16(7-8-16)15-18-14(19-20-15)10-12(2)17-3;/h4-6,9,12,17H,7-8,10H2,1-3H3;1H. The lowest BCUT2D eigenvalue weighted by Crippen LogP contribution is -2.24. The van der Waals surface area contributed by atoms with Crippen LogP contribution in [0.2, 0.25) is 0 Å². The van der Waals surface area contributed by atoms with Crippen LogP contribution in [0.15, 0.2) is 28.8 Å². The first-order valence-electron chi connectivity index (χ1n) is 7.21. The summed E-state index contributed by atoms with van der Waals surface area (Å²) in [4.78, 5) is 4.62. The van der Waals surface area contributed by atoms with E-state index in [4.69, 9.17) is 4.52 Å². The lowest BCUT2D eigenvalue weighted by molar-refractivity contribution is 0.354. The van der Waals surface area contributed by atoms with Gasteiger partial charge in [0.25, 0.3) is 0 Å². The first kappa shape index (κ1) is 16.0. The van der Waals surface area contributed by atoms with Crippen LogP contribution in [-0.2, 0) is 11.8 Å². The molecule has 1 aliphatic carbocycles. The number of halogens is 1. The van der Waals surface area contributed by atoms with Gasteiger partial charge < -0.3 is 9.84 Å². The molecule has 0 aliphatic heterocycles. The Morgan fingerprint density at radius 1 is 1.38 bits per heavy atom. The van der Waals surface area contributed by atoms with Crippen molar-refractivity contribution >= 4 is 12.4 Å². The van der Waals surface area contributed by atoms with Crippen LogP contribution in [0.5, 0.6) is 0 Å². The number of nitrogens with one attached hydrogen (secondary N) is 1. The largest absolute Gasteiger partial charge is 0.338 e. The quantitative estimate of drug-likeness (QED) is 0.922. The SMILES string of the molecule is CNC(C)Cc1noc(C2(c3cccc(C)c3)CC2)n1.Cl. The molecule has 0 amide bonds. The number of likely N-dealkylation sites (N-methyl/N-ethyl adjacent to an activating group) is 1. The smallest absolute Gasteiger partial charge is 0.237 e. The van der Waals surface area contributed by atoms with Gasteiger partial charge in [-0.2, -0.15) is 4.98 Å². The third-order valence-corrected chi connectivity index (χ3v) is 4.18. The maximum Gasteiger partial charge on any atom is 0.237 e. The average molecular weight is 308 g/mol. The molecule has 1 heterocycles. The molecule has 0 spiro atoms. The fourth-order valence-electron chi connectivity index (χ4n) is 2.60. The maximum atomic E-state index is 5.54. The molecule has 4 nitrogen and oxygen atoms in total. The summed E-state index contributed by atoms with van der Waals surface area (Å²) < 4.78 is 5.54. The molecular formula is C16H22ClN3O. The highest BCUT2D eigenvalue weighted by molar-refractivity contribution is 5.85. The topological polar surface area (TPSA) is 51.0 Å². The van der Waals surface area contributed by atoms with Crippen LogP contribution in [0, 0.1) is 6.92 Å². The Hall–Kier alpha value is -1.39. The number of hydrogen-bond donors (Lipinski definition) is 1. The van der Waals surface area contributed by atoms with Gasteiger partial charge in [-0.25, -0.2) is 0 Å². The highest BCUT2D eigenvalue weighted by atomic mass is 35.5. The van der Waals surface area contributed by atoms with Gasteiger partial charge in [0.1, 0.15) is 0 Å². The van der Waals surface area contributed by atoms with Crippen molar-refractivity contribution in [3.8, 4) is 0 Å². The molecule has 1 atom stereocenters. The summed E-state index contributed by atoms with van der Waals surface area (Å²) in [5.41, 5.74) is 2.55. The maximum absolute atomic E-state index is 5.54. The van der Waals surface area contributed by atoms with Crippen molar-refractivity contribution in [2.75, 3.05) is 7.05 Å². The molecule has 1 fully saturated rings. The normalized spacial score (nSPS) is 17.1. The number of nitrogens with zero attached hydrogens (tertiary/aromatic N) is 2. The first-order valence-corrected chi connectivity index (χ1v) is 7.21. The predicted octanol–water partition coefficient (Wildman–Crippen LogP) is 3.03. The summed E-state index contributed by atoms with van der Waals surface area (Å²) >= 11 is 0. The van der Waals surface area contributed by atoms with Gasteiger partial charge in [0.05, 0.1) is 5.41 Å². The van der Waals surface area contributed by atoms with E-state index in [-0.39, 0.29) is 17.8 Å². The summed E-state index contributed by atoms with van der Waals surface area (Å²) in [6, 6.07) is 8.97. The van der Waals surface area contributed by atoms with Gasteiger partial charge in [-0.05, 0) is 39.3 Å². The van der Waals surface area contributed by atoms with E-state index < -0.39 is 0 Å². The van der Waals surface area contributed by atoms with Crippen molar-refractivity contribution in [3.05, 3.63) is 47.1 Å². The van der Waals surface area contributed by atoms with E-state index in [0.717, 1.165) is 31.0 Å². The van der Waals surface area contributed by atoms with Gasteiger partial charge in [-0.15, -0.1) is 12.4 Å². The molecule has 0 radical (unpaired) electrons. The van der Waals surface area contributed by atoms with Crippen LogP contribution < -0.4 is 5.32 Å². The molecular weight excluding hydrogens is 286 g/mol. The lowest BCUT2D eigenvalue weighted by Gasteiger charge is -2.11. The van der Waals surface area contributed by atoms with Crippen LogP contribution in [0.4, 0.5) is 0 Å². The molecule has 1 N–H and O–H groups in total. The molecule has 1 aliphatic rings. The summed E-state index contributed by atoms with van der Waals surface area (Å²) in [6.07, 6.45) is 2.99. The molecule has 2 aromatic rings. The van der Waals surface area contributed by atoms with Gasteiger partial charge in [0.15, 0.2) is 5.82 Å². The predicted molar refractivity (Wildman–Crippen MR) is 85.0 cm³/mol. The second-order valence-corrected chi connectivity index (χ2v) is 5.86. The van der Waals surface area contributed by atoms with Crippen molar-refractivity contribution in [1.29, 1.82) is 0 Å². The molecule has 0 bridgehead atoms. The van der Waals surface area contributed by atoms with Crippen LogP contribution in [-0.4, -0.2) is 23.2 Å². The second-order valence-electron chi connectivity index (χ2n) is 5.86. The molecule has 3 rings (SSSR count). The third kappa shape index (κ3) is 3.11. The van der Waals surface area contributed by atoms with Crippen LogP contribution in [0.25, 0.3) is 0 Å². The second kappa shape index (κ2) is 6.16. The van der Waals surface area contributed by atoms with Crippen LogP contribution >= 0.6 is 12.4 Å². The number of aromatic nitrogens is 2. The summed E-state index contributed by atoms with van der Waals surface area (Å²) in [5, 5.41) is 7.33. The van der Waals surface area contributed by atoms with Crippen molar-refractivity contribution in [2.24, 2.45) is 0 Å². The molecule has 21 heavy (non-hydrogen) atoms. The van der Waals surface area contributed by atoms with Crippen molar-refractivity contribution in [1.82, 2.24) is 15.5 Å². The minimum atomic E-state index is -0.0276. The van der Waals surface area contributed by atoms with Gasteiger partial charge in [0, 0.05) is 12.5 Å². The van der Waals surface area contributed by atoms with Gasteiger partial charge >= 0.3 is 0 Å². The summed E-state index contributed by atoms with van der Waals surface area (Å²) in [5.74, 6) is 1.57. The first-order chi connectivity index (χ1) is 9.64. The highest BCUT2D eigenvalue weighted by Gasteiger charge is 2.50. The number of benzene rings is 1. The Bertz CT molecular complexity index is 607. The minimum absolute atomic E-state index is 0. The zero-order valence-electron chi connectivity index (χ0n) is 12.7. The zero-order chi connectivity index (χ0) is 14.2. The fourth-order valence-corrected chi connectivity index (χ4v) is 2.60. The Balaban J connectivity index is 0.00000161. The summed E-state index contributed by atoms with van der Waals surface area (Å²) in [7, 11) is 1.95. The van der Waals surface area contributed by atoms with E-state index in [1.54, 1.807) is 0 Å². The third-order valence-electron chi connectivity index (χ3n) is 4.18. The van der Waals surface area contributed by atoms with E-state index in [1.165, 1.54) is 11.1 Å². The monoisotopic (exact) mass is 307 g/mol. The number of rotatable bonds is 5. The van der Waals surface area contributed by atoms with Crippen molar-refractivity contribution < 1.29 is 4.52 Å². The Morgan fingerprint density at radius 2 is 2.14 bits per heavy atom. The van der Waals surface area contributed by atoms with Gasteiger partial charge in [0.2, 0.25) is 5.89 Å². The van der Waals surface area contributed by atoms with Crippen molar-refractivity contribution in [3.63, 3.8) is 0 Å². The number of aryl methyl sites for hydroxylation is 1. The molecule has 114 valence electrons. The fraction of sp³-hybridized carbons (Fsp3) is 0.500. The summed E-state index contributed by atoms with van der Waals surface area (Å²) in [6.45, 7) is 4.23. The van der Waals surface area contributed by atoms with E-state index >= 15 is 0 Å². The molecule has 1 saturated carbocycles. The molecule has 1 aromatic carbocycles. The molecule has 1 aromatic heterocycles. The van der Waals surface area contributed by atoms with E-state index in [2.05, 4.69) is 53.6 Å². The number of hydrogen-bond acceptors (Lipinski definition) is 4. The molecule has 0 saturated heterocycles. The van der Waals surface area contributed by atoms with Crippen molar-refractivity contribution in [2.45, 2.75) is 44.6 Å². The molecule has 1 unspecified atom stereocenters. The van der Waals surface area contributed by atoms with E-state index in [9.17, 15) is 0 Å².